The summed E-state index contributed by atoms with van der Waals surface area (Å²) in [7, 11) is 2.24. The van der Waals surface area contributed by atoms with Crippen LogP contribution in [0, 0.1) is 0 Å². The third-order valence-corrected chi connectivity index (χ3v) is 3.47. The summed E-state index contributed by atoms with van der Waals surface area (Å²) in [6.07, 6.45) is 2.92. The lowest BCUT2D eigenvalue weighted by Crippen LogP contribution is -2.44. The predicted molar refractivity (Wildman–Crippen MR) is 52.9 cm³/mol. The van der Waals surface area contributed by atoms with Crippen molar-refractivity contribution < 1.29 is 4.74 Å². The second-order valence-corrected chi connectivity index (χ2v) is 4.24. The van der Waals surface area contributed by atoms with Crippen LogP contribution in [0.2, 0.25) is 0 Å². The fourth-order valence-electron chi connectivity index (χ4n) is 2.51. The van der Waals surface area contributed by atoms with Gasteiger partial charge in [0.25, 0.3) is 0 Å². The van der Waals surface area contributed by atoms with E-state index in [1.54, 1.807) is 0 Å². The lowest BCUT2D eigenvalue weighted by molar-refractivity contribution is 0.0707. The molecule has 0 aromatic rings. The molecular weight excluding hydrogens is 164 g/mol. The first-order valence-electron chi connectivity index (χ1n) is 5.33. The Kier molecular flexibility index (Phi) is 2.86. The molecule has 2 heterocycles. The van der Waals surface area contributed by atoms with Crippen molar-refractivity contribution in [3.63, 3.8) is 0 Å². The lowest BCUT2D eigenvalue weighted by atomic mass is 10.1. The highest BCUT2D eigenvalue weighted by Gasteiger charge is 2.32. The van der Waals surface area contributed by atoms with Gasteiger partial charge in [-0.3, -0.25) is 4.90 Å². The van der Waals surface area contributed by atoms with Gasteiger partial charge in [0.05, 0.1) is 6.10 Å². The van der Waals surface area contributed by atoms with Gasteiger partial charge in [0.15, 0.2) is 0 Å². The standard InChI is InChI=1S/C10H20N2O/c1-8-10(4-6-13-8)12(2)9-3-5-11-7-9/h8-11H,3-7H2,1-2H3. The van der Waals surface area contributed by atoms with Gasteiger partial charge >= 0.3 is 0 Å². The van der Waals surface area contributed by atoms with Crippen LogP contribution in [0.15, 0.2) is 0 Å². The molecule has 0 saturated carbocycles. The summed E-state index contributed by atoms with van der Waals surface area (Å²) < 4.78 is 5.58. The molecule has 0 bridgehead atoms. The van der Waals surface area contributed by atoms with Crippen LogP contribution in [0.5, 0.6) is 0 Å². The summed E-state index contributed by atoms with van der Waals surface area (Å²) in [4.78, 5) is 2.51. The summed E-state index contributed by atoms with van der Waals surface area (Å²) >= 11 is 0. The Bertz CT molecular complexity index is 168. The molecule has 3 nitrogen and oxygen atoms in total. The van der Waals surface area contributed by atoms with Crippen LogP contribution >= 0.6 is 0 Å². The zero-order chi connectivity index (χ0) is 9.26. The average molecular weight is 184 g/mol. The first-order chi connectivity index (χ1) is 6.29. The Morgan fingerprint density at radius 2 is 2.23 bits per heavy atom. The molecule has 3 heteroatoms. The molecule has 0 radical (unpaired) electrons. The van der Waals surface area contributed by atoms with Crippen LogP contribution in [0.3, 0.4) is 0 Å². The number of likely N-dealkylation sites (N-methyl/N-ethyl adjacent to an activating group) is 1. The van der Waals surface area contributed by atoms with Gasteiger partial charge in [0, 0.05) is 25.2 Å². The number of hydrogen-bond donors (Lipinski definition) is 1. The zero-order valence-electron chi connectivity index (χ0n) is 8.62. The van der Waals surface area contributed by atoms with Gasteiger partial charge in [0.2, 0.25) is 0 Å². The molecule has 2 fully saturated rings. The highest BCUT2D eigenvalue weighted by molar-refractivity contribution is 4.87. The molecule has 2 aliphatic heterocycles. The minimum absolute atomic E-state index is 0.422. The molecule has 76 valence electrons. The quantitative estimate of drug-likeness (QED) is 0.674. The van der Waals surface area contributed by atoms with Crippen molar-refractivity contribution in [3.05, 3.63) is 0 Å². The van der Waals surface area contributed by atoms with E-state index in [1.165, 1.54) is 19.4 Å². The molecular formula is C10H20N2O. The van der Waals surface area contributed by atoms with Gasteiger partial charge in [-0.1, -0.05) is 0 Å². The zero-order valence-corrected chi connectivity index (χ0v) is 8.62. The molecule has 0 spiro atoms. The highest BCUT2D eigenvalue weighted by Crippen LogP contribution is 2.21. The number of nitrogens with one attached hydrogen (secondary N) is 1. The SMILES string of the molecule is CC1OCCC1N(C)C1CCNC1. The summed E-state index contributed by atoms with van der Waals surface area (Å²) in [5.41, 5.74) is 0. The van der Waals surface area contributed by atoms with Gasteiger partial charge in [-0.2, -0.15) is 0 Å². The summed E-state index contributed by atoms with van der Waals surface area (Å²) in [6.45, 7) is 5.46. The van der Waals surface area contributed by atoms with Gasteiger partial charge in [0.1, 0.15) is 0 Å². The van der Waals surface area contributed by atoms with Crippen molar-refractivity contribution in [2.45, 2.75) is 38.0 Å². The first-order valence-corrected chi connectivity index (χ1v) is 5.33. The minimum Gasteiger partial charge on any atom is -0.377 e. The van der Waals surface area contributed by atoms with Gasteiger partial charge in [-0.25, -0.2) is 0 Å². The van der Waals surface area contributed by atoms with Crippen molar-refractivity contribution in [3.8, 4) is 0 Å². The number of nitrogens with zero attached hydrogens (tertiary/aromatic N) is 1. The van der Waals surface area contributed by atoms with Gasteiger partial charge in [-0.15, -0.1) is 0 Å². The highest BCUT2D eigenvalue weighted by atomic mass is 16.5. The van der Waals surface area contributed by atoms with E-state index >= 15 is 0 Å². The molecule has 3 atom stereocenters. The van der Waals surface area contributed by atoms with Crippen LogP contribution < -0.4 is 5.32 Å². The molecule has 2 rings (SSSR count). The lowest BCUT2D eigenvalue weighted by Gasteiger charge is -2.31. The van der Waals surface area contributed by atoms with E-state index in [2.05, 4.69) is 24.2 Å². The number of hydrogen-bond acceptors (Lipinski definition) is 3. The van der Waals surface area contributed by atoms with E-state index in [-0.39, 0.29) is 0 Å². The maximum atomic E-state index is 5.58. The molecule has 2 aliphatic rings. The van der Waals surface area contributed by atoms with Gasteiger partial charge in [-0.05, 0) is 33.4 Å². The van der Waals surface area contributed by atoms with Crippen molar-refractivity contribution in [2.75, 3.05) is 26.7 Å². The second-order valence-electron chi connectivity index (χ2n) is 4.24. The van der Waals surface area contributed by atoms with Crippen LogP contribution in [0.4, 0.5) is 0 Å². The summed E-state index contributed by atoms with van der Waals surface area (Å²) in [5, 5.41) is 3.41. The van der Waals surface area contributed by atoms with Crippen LogP contribution in [0.25, 0.3) is 0 Å². The molecule has 0 amide bonds. The fraction of sp³-hybridized carbons (Fsp3) is 1.00. The fourth-order valence-corrected chi connectivity index (χ4v) is 2.51. The normalized spacial score (nSPS) is 40.4. The van der Waals surface area contributed by atoms with E-state index < -0.39 is 0 Å². The van der Waals surface area contributed by atoms with Crippen molar-refractivity contribution >= 4 is 0 Å². The molecule has 1 N–H and O–H groups in total. The minimum atomic E-state index is 0.422. The maximum absolute atomic E-state index is 5.58. The average Bonchev–Trinajstić information content (AvgIpc) is 2.72. The van der Waals surface area contributed by atoms with Crippen molar-refractivity contribution in [1.29, 1.82) is 0 Å². The predicted octanol–water partition coefficient (Wildman–Crippen LogP) is 0.458. The molecule has 0 aromatic carbocycles. The Balaban J connectivity index is 1.91. The smallest absolute Gasteiger partial charge is 0.0703 e. The van der Waals surface area contributed by atoms with Crippen molar-refractivity contribution in [1.82, 2.24) is 10.2 Å². The van der Waals surface area contributed by atoms with Crippen LogP contribution in [0.1, 0.15) is 19.8 Å². The second kappa shape index (κ2) is 3.95. The summed E-state index contributed by atoms with van der Waals surface area (Å²) in [6, 6.07) is 1.37. The molecule has 3 unspecified atom stereocenters. The monoisotopic (exact) mass is 184 g/mol. The van der Waals surface area contributed by atoms with Crippen LogP contribution in [-0.4, -0.2) is 49.8 Å². The number of rotatable bonds is 2. The van der Waals surface area contributed by atoms with Gasteiger partial charge < -0.3 is 10.1 Å². The molecule has 2 saturated heterocycles. The molecule has 13 heavy (non-hydrogen) atoms. The Hall–Kier alpha value is -0.120. The Morgan fingerprint density at radius 3 is 2.77 bits per heavy atom. The Morgan fingerprint density at radius 1 is 1.38 bits per heavy atom. The maximum Gasteiger partial charge on any atom is 0.0703 e. The molecule has 0 aliphatic carbocycles. The third-order valence-electron chi connectivity index (χ3n) is 3.47. The largest absolute Gasteiger partial charge is 0.377 e. The molecule has 0 aromatic heterocycles. The van der Waals surface area contributed by atoms with E-state index in [4.69, 9.17) is 4.74 Å². The topological polar surface area (TPSA) is 24.5 Å². The van der Waals surface area contributed by atoms with E-state index in [9.17, 15) is 0 Å². The van der Waals surface area contributed by atoms with E-state index in [1.807, 2.05) is 0 Å². The third kappa shape index (κ3) is 1.87. The Labute approximate surface area is 80.4 Å². The first kappa shape index (κ1) is 9.44. The van der Waals surface area contributed by atoms with E-state index in [0.717, 1.165) is 19.2 Å². The summed E-state index contributed by atoms with van der Waals surface area (Å²) in [5.74, 6) is 0. The van der Waals surface area contributed by atoms with Crippen molar-refractivity contribution in [2.24, 2.45) is 0 Å². The van der Waals surface area contributed by atoms with E-state index in [0.29, 0.717) is 12.1 Å². The van der Waals surface area contributed by atoms with Crippen LogP contribution in [-0.2, 0) is 4.74 Å². The number of ether oxygens (including phenoxy) is 1.